The molecular weight excluding hydrogens is 270 g/mol. The van der Waals surface area contributed by atoms with Crippen molar-refractivity contribution < 1.29 is 23.1 Å². The molecule has 1 atom stereocenters. The first-order valence-electron chi connectivity index (χ1n) is 5.77. The number of nitrogens with one attached hydrogen (secondary N) is 1. The van der Waals surface area contributed by atoms with Crippen molar-refractivity contribution in [1.82, 2.24) is 4.72 Å². The van der Waals surface area contributed by atoms with Crippen LogP contribution >= 0.6 is 0 Å². The predicted molar refractivity (Wildman–Crippen MR) is 70.1 cm³/mol. The lowest BCUT2D eigenvalue weighted by molar-refractivity contribution is -0.135. The second-order valence-corrected chi connectivity index (χ2v) is 5.98. The SMILES string of the molecule is CC(OCCc1ccccc1)S(=O)(=O)NCC(=O)O. The zero-order valence-electron chi connectivity index (χ0n) is 10.6. The molecule has 0 radical (unpaired) electrons. The van der Waals surface area contributed by atoms with Gasteiger partial charge in [-0.25, -0.2) is 13.1 Å². The van der Waals surface area contributed by atoms with E-state index >= 15 is 0 Å². The van der Waals surface area contributed by atoms with Gasteiger partial charge in [-0.2, -0.15) is 0 Å². The molecule has 0 fully saturated rings. The molecule has 0 aliphatic carbocycles. The quantitative estimate of drug-likeness (QED) is 0.730. The number of carboxylic acids is 1. The van der Waals surface area contributed by atoms with Gasteiger partial charge in [0.05, 0.1) is 6.61 Å². The summed E-state index contributed by atoms with van der Waals surface area (Å²) in [4.78, 5) is 10.3. The molecule has 1 unspecified atom stereocenters. The molecule has 0 heterocycles. The van der Waals surface area contributed by atoms with E-state index in [9.17, 15) is 13.2 Å². The summed E-state index contributed by atoms with van der Waals surface area (Å²) < 4.78 is 30.3. The molecule has 0 aliphatic rings. The molecule has 1 aromatic rings. The Bertz CT molecular complexity index is 500. The first-order valence-corrected chi connectivity index (χ1v) is 7.32. The highest BCUT2D eigenvalue weighted by atomic mass is 32.2. The van der Waals surface area contributed by atoms with E-state index in [1.807, 2.05) is 35.1 Å². The maximum atomic E-state index is 11.6. The van der Waals surface area contributed by atoms with Crippen LogP contribution in [0.5, 0.6) is 0 Å². The Kier molecular flexibility index (Phi) is 5.94. The van der Waals surface area contributed by atoms with Crippen LogP contribution in [0.1, 0.15) is 12.5 Å². The highest BCUT2D eigenvalue weighted by molar-refractivity contribution is 7.89. The topological polar surface area (TPSA) is 92.7 Å². The molecule has 7 heteroatoms. The minimum atomic E-state index is -3.76. The summed E-state index contributed by atoms with van der Waals surface area (Å²) in [6, 6.07) is 9.53. The fourth-order valence-electron chi connectivity index (χ4n) is 1.36. The maximum Gasteiger partial charge on any atom is 0.318 e. The van der Waals surface area contributed by atoms with Crippen LogP contribution in [0.4, 0.5) is 0 Å². The molecular formula is C12H17NO5S. The van der Waals surface area contributed by atoms with Gasteiger partial charge in [0.2, 0.25) is 10.0 Å². The van der Waals surface area contributed by atoms with E-state index in [1.54, 1.807) is 0 Å². The van der Waals surface area contributed by atoms with Crippen molar-refractivity contribution in [3.05, 3.63) is 35.9 Å². The minimum Gasteiger partial charge on any atom is -0.480 e. The van der Waals surface area contributed by atoms with Crippen LogP contribution in [-0.4, -0.2) is 38.1 Å². The minimum absolute atomic E-state index is 0.249. The van der Waals surface area contributed by atoms with Gasteiger partial charge in [0, 0.05) is 0 Å². The fourth-order valence-corrected chi connectivity index (χ4v) is 2.19. The van der Waals surface area contributed by atoms with Gasteiger partial charge in [0.1, 0.15) is 6.54 Å². The third-order valence-corrected chi connectivity index (χ3v) is 4.00. The number of aliphatic carboxylic acids is 1. The highest BCUT2D eigenvalue weighted by Gasteiger charge is 2.21. The molecule has 0 spiro atoms. The van der Waals surface area contributed by atoms with Gasteiger partial charge < -0.3 is 9.84 Å². The van der Waals surface area contributed by atoms with Gasteiger partial charge in [-0.05, 0) is 18.9 Å². The second-order valence-electron chi connectivity index (χ2n) is 3.93. The van der Waals surface area contributed by atoms with Gasteiger partial charge in [-0.15, -0.1) is 0 Å². The van der Waals surface area contributed by atoms with E-state index in [0.29, 0.717) is 6.42 Å². The number of hydrogen-bond acceptors (Lipinski definition) is 4. The number of hydrogen-bond donors (Lipinski definition) is 2. The van der Waals surface area contributed by atoms with Crippen LogP contribution in [-0.2, 0) is 26.0 Å². The summed E-state index contributed by atoms with van der Waals surface area (Å²) in [5.74, 6) is -1.24. The summed E-state index contributed by atoms with van der Waals surface area (Å²) in [5.41, 5.74) is -0.0406. The average molecular weight is 287 g/mol. The number of carboxylic acid groups (broad SMARTS) is 1. The Hall–Kier alpha value is -1.44. The van der Waals surface area contributed by atoms with Crippen LogP contribution in [0.25, 0.3) is 0 Å². The number of ether oxygens (including phenoxy) is 1. The number of sulfonamides is 1. The standard InChI is InChI=1S/C12H17NO5S/c1-10(19(16,17)13-9-12(14)15)18-8-7-11-5-3-2-4-6-11/h2-6,10,13H,7-9H2,1H3,(H,14,15). The van der Waals surface area contributed by atoms with Crippen molar-refractivity contribution in [3.8, 4) is 0 Å². The zero-order chi connectivity index (χ0) is 14.3. The molecule has 1 aromatic carbocycles. The molecule has 106 valence electrons. The lowest BCUT2D eigenvalue weighted by atomic mass is 10.2. The molecule has 0 aromatic heterocycles. The largest absolute Gasteiger partial charge is 0.480 e. The van der Waals surface area contributed by atoms with Crippen molar-refractivity contribution in [1.29, 1.82) is 0 Å². The normalized spacial score (nSPS) is 13.1. The van der Waals surface area contributed by atoms with Gasteiger partial charge in [-0.1, -0.05) is 30.3 Å². The summed E-state index contributed by atoms with van der Waals surface area (Å²) in [5, 5.41) is 8.42. The zero-order valence-corrected chi connectivity index (χ0v) is 11.4. The summed E-state index contributed by atoms with van der Waals surface area (Å²) in [7, 11) is -3.76. The summed E-state index contributed by atoms with van der Waals surface area (Å²) in [6.07, 6.45) is 0.597. The van der Waals surface area contributed by atoms with Gasteiger partial charge in [0.15, 0.2) is 5.44 Å². The number of rotatable bonds is 8. The predicted octanol–water partition coefficient (Wildman–Crippen LogP) is 0.596. The van der Waals surface area contributed by atoms with E-state index in [1.165, 1.54) is 6.92 Å². The molecule has 0 saturated carbocycles. The van der Waals surface area contributed by atoms with Crippen LogP contribution in [0.2, 0.25) is 0 Å². The van der Waals surface area contributed by atoms with Crippen LogP contribution < -0.4 is 4.72 Å². The molecule has 0 saturated heterocycles. The van der Waals surface area contributed by atoms with Crippen molar-refractivity contribution in [2.45, 2.75) is 18.8 Å². The first-order chi connectivity index (χ1) is 8.92. The third-order valence-electron chi connectivity index (χ3n) is 2.45. The highest BCUT2D eigenvalue weighted by Crippen LogP contribution is 2.04. The maximum absolute atomic E-state index is 11.6. The second kappa shape index (κ2) is 7.22. The molecule has 0 amide bonds. The van der Waals surface area contributed by atoms with E-state index in [4.69, 9.17) is 9.84 Å². The molecule has 19 heavy (non-hydrogen) atoms. The molecule has 0 aliphatic heterocycles. The smallest absolute Gasteiger partial charge is 0.318 e. The lowest BCUT2D eigenvalue weighted by Crippen LogP contribution is -2.37. The van der Waals surface area contributed by atoms with Crippen LogP contribution in [0.15, 0.2) is 30.3 Å². The van der Waals surface area contributed by atoms with Gasteiger partial charge >= 0.3 is 5.97 Å². The Labute approximate surface area is 112 Å². The number of carbonyl (C=O) groups is 1. The summed E-state index contributed by atoms with van der Waals surface area (Å²) >= 11 is 0. The van der Waals surface area contributed by atoms with E-state index in [0.717, 1.165) is 5.56 Å². The fraction of sp³-hybridized carbons (Fsp3) is 0.417. The van der Waals surface area contributed by atoms with Crippen LogP contribution in [0, 0.1) is 0 Å². The van der Waals surface area contributed by atoms with Crippen molar-refractivity contribution in [2.24, 2.45) is 0 Å². The molecule has 1 rings (SSSR count). The summed E-state index contributed by atoms with van der Waals surface area (Å²) in [6.45, 7) is 0.975. The third kappa shape index (κ3) is 5.82. The Morgan fingerprint density at radius 2 is 2.00 bits per heavy atom. The first kappa shape index (κ1) is 15.6. The molecule has 2 N–H and O–H groups in total. The average Bonchev–Trinajstić information content (AvgIpc) is 2.37. The Morgan fingerprint density at radius 1 is 1.37 bits per heavy atom. The van der Waals surface area contributed by atoms with Gasteiger partial charge in [-0.3, -0.25) is 4.79 Å². The Morgan fingerprint density at radius 3 is 2.58 bits per heavy atom. The van der Waals surface area contributed by atoms with Crippen LogP contribution in [0.3, 0.4) is 0 Å². The molecule has 0 bridgehead atoms. The monoisotopic (exact) mass is 287 g/mol. The van der Waals surface area contributed by atoms with E-state index in [-0.39, 0.29) is 6.61 Å². The van der Waals surface area contributed by atoms with Crippen molar-refractivity contribution in [2.75, 3.05) is 13.2 Å². The van der Waals surface area contributed by atoms with E-state index in [2.05, 4.69) is 0 Å². The van der Waals surface area contributed by atoms with Crippen molar-refractivity contribution in [3.63, 3.8) is 0 Å². The molecule has 6 nitrogen and oxygen atoms in total. The number of benzene rings is 1. The van der Waals surface area contributed by atoms with Gasteiger partial charge in [0.25, 0.3) is 0 Å². The van der Waals surface area contributed by atoms with Crippen molar-refractivity contribution >= 4 is 16.0 Å². The lowest BCUT2D eigenvalue weighted by Gasteiger charge is -2.14. The van der Waals surface area contributed by atoms with E-state index < -0.39 is 28.0 Å². The Balaban J connectivity index is 2.38.